The van der Waals surface area contributed by atoms with Crippen LogP contribution in [0.1, 0.15) is 13.8 Å². The van der Waals surface area contributed by atoms with Gasteiger partial charge in [0.15, 0.2) is 9.95 Å². The van der Waals surface area contributed by atoms with Crippen LogP contribution in [-0.2, 0) is 4.79 Å². The van der Waals surface area contributed by atoms with Gasteiger partial charge in [-0.25, -0.2) is 0 Å². The molecule has 5 nitrogen and oxygen atoms in total. The zero-order chi connectivity index (χ0) is 49.1. The zero-order valence-corrected chi connectivity index (χ0v) is 39.7. The highest BCUT2D eigenvalue weighted by Crippen LogP contribution is 2.12. The molecular formula is C63H56B2N4O. The van der Waals surface area contributed by atoms with E-state index in [1.165, 1.54) is 57.5 Å². The number of hydrogen-bond acceptors (Lipinski definition) is 3. The molecule has 0 N–H and O–H groups in total. The molecular weight excluding hydrogens is 850 g/mol. The summed E-state index contributed by atoms with van der Waals surface area (Å²) >= 11 is 0. The topological polar surface area (TPSA) is 73.4 Å². The van der Waals surface area contributed by atoms with E-state index >= 15 is 0 Å². The zero-order valence-electron chi connectivity index (χ0n) is 39.7. The van der Waals surface area contributed by atoms with Gasteiger partial charge in [0.2, 0.25) is 10.8 Å². The van der Waals surface area contributed by atoms with Gasteiger partial charge in [-0.3, -0.25) is 0 Å². The quantitative estimate of drug-likeness (QED) is 0.113. The standard InChI is InChI=1S/2C24H20B.2C6H5N2.C3H6O/c2*1-5-13-21(14-6-1)25(22-15-7-2-8-16-22,23-17-9-3-10-18-23)24-19-11-4-12-20-24;2*7-8-6-4-2-1-3-5-6;1-3(2)4/h2*1-20H;2*1-5H;1-2H3/q2*-1;2*+1;. The van der Waals surface area contributed by atoms with Crippen LogP contribution in [0.5, 0.6) is 0 Å². The van der Waals surface area contributed by atoms with Crippen LogP contribution in [-0.4, -0.2) is 18.1 Å². The van der Waals surface area contributed by atoms with E-state index in [1.807, 2.05) is 36.4 Å². The Bertz CT molecular complexity index is 2560. The number of benzene rings is 10. The van der Waals surface area contributed by atoms with E-state index in [0.717, 1.165) is 0 Å². The lowest BCUT2D eigenvalue weighted by Gasteiger charge is -2.44. The van der Waals surface area contributed by atoms with Gasteiger partial charge < -0.3 is 4.79 Å². The average molecular weight is 907 g/mol. The molecule has 0 aliphatic carbocycles. The van der Waals surface area contributed by atoms with Gasteiger partial charge in [0.05, 0.1) is 0 Å². The summed E-state index contributed by atoms with van der Waals surface area (Å²) in [7, 11) is 0. The maximum absolute atomic E-state index is 9.44. The van der Waals surface area contributed by atoms with Crippen LogP contribution in [0.4, 0.5) is 11.4 Å². The lowest BCUT2D eigenvalue weighted by molar-refractivity contribution is -0.115. The summed E-state index contributed by atoms with van der Waals surface area (Å²) < 4.78 is 0. The van der Waals surface area contributed by atoms with Crippen molar-refractivity contribution >= 4 is 73.2 Å². The first-order chi connectivity index (χ1) is 34.4. The SMILES string of the molecule is CC(C)=O.N#[N+]c1ccccc1.N#[N+]c1ccccc1.c1ccc([B-](c2ccccc2)(c2ccccc2)c2ccccc2)cc1.c1ccc([B-](c2ccccc2)(c2ccccc2)c2ccccc2)cc1. The minimum atomic E-state index is -1.22. The Hall–Kier alpha value is -9.16. The molecule has 0 aliphatic rings. The van der Waals surface area contributed by atoms with Crippen LogP contribution in [0.25, 0.3) is 9.95 Å². The van der Waals surface area contributed by atoms with Gasteiger partial charge in [0.25, 0.3) is 0 Å². The third-order valence-corrected chi connectivity index (χ3v) is 12.1. The highest BCUT2D eigenvalue weighted by Gasteiger charge is 2.32. The molecule has 0 unspecified atom stereocenters. The Kier molecular flexibility index (Phi) is 19.3. The van der Waals surface area contributed by atoms with Crippen molar-refractivity contribution in [1.29, 1.82) is 10.8 Å². The second-order valence-corrected chi connectivity index (χ2v) is 16.8. The first-order valence-electron chi connectivity index (χ1n) is 23.5. The van der Waals surface area contributed by atoms with Crippen LogP contribution >= 0.6 is 0 Å². The molecule has 0 aromatic heterocycles. The number of diazo groups is 2. The summed E-state index contributed by atoms with van der Waals surface area (Å²) in [5.41, 5.74) is 11.9. The van der Waals surface area contributed by atoms with Crippen LogP contribution in [0, 0.1) is 10.8 Å². The molecule has 10 aromatic carbocycles. The number of nitrogens with zero attached hydrogens (tertiary/aromatic N) is 4. The second kappa shape index (κ2) is 26.9. The molecule has 0 radical (unpaired) electrons. The minimum Gasteiger partial charge on any atom is -0.300 e. The maximum atomic E-state index is 9.44. The van der Waals surface area contributed by atoms with Crippen LogP contribution in [0.3, 0.4) is 0 Å². The Morgan fingerprint density at radius 3 is 0.471 bits per heavy atom. The summed E-state index contributed by atoms with van der Waals surface area (Å²) in [5, 5.41) is 16.3. The fraction of sp³-hybridized carbons (Fsp3) is 0.0317. The van der Waals surface area contributed by atoms with Crippen molar-refractivity contribution in [1.82, 2.24) is 0 Å². The molecule has 0 aliphatic heterocycles. The number of carbonyl (C=O) groups is 1. The van der Waals surface area contributed by atoms with Gasteiger partial charge in [0, 0.05) is 24.3 Å². The van der Waals surface area contributed by atoms with Crippen molar-refractivity contribution in [2.24, 2.45) is 0 Å². The first-order valence-corrected chi connectivity index (χ1v) is 23.5. The summed E-state index contributed by atoms with van der Waals surface area (Å²) in [5.74, 6) is 0.167. The molecule has 0 bridgehead atoms. The van der Waals surface area contributed by atoms with E-state index in [2.05, 4.69) is 253 Å². The predicted molar refractivity (Wildman–Crippen MR) is 299 cm³/mol. The van der Waals surface area contributed by atoms with Crippen molar-refractivity contribution in [2.45, 2.75) is 13.8 Å². The molecule has 0 saturated heterocycles. The van der Waals surface area contributed by atoms with Crippen molar-refractivity contribution in [3.05, 3.63) is 313 Å². The summed E-state index contributed by atoms with van der Waals surface area (Å²) in [6, 6.07) is 105. The molecule has 0 saturated carbocycles. The van der Waals surface area contributed by atoms with E-state index in [1.54, 1.807) is 24.3 Å². The first kappa shape index (κ1) is 50.3. The van der Waals surface area contributed by atoms with Crippen LogP contribution in [0.15, 0.2) is 303 Å². The number of ketones is 1. The summed E-state index contributed by atoms with van der Waals surface area (Å²) in [6.45, 7) is 3.06. The third kappa shape index (κ3) is 13.0. The molecule has 10 aromatic rings. The van der Waals surface area contributed by atoms with Gasteiger partial charge in [-0.1, -0.05) is 279 Å². The highest BCUT2D eigenvalue weighted by molar-refractivity contribution is 7.20. The molecule has 7 heteroatoms. The number of rotatable bonds is 8. The monoisotopic (exact) mass is 906 g/mol. The Morgan fingerprint density at radius 1 is 0.257 bits per heavy atom. The van der Waals surface area contributed by atoms with E-state index < -0.39 is 12.3 Å². The predicted octanol–water partition coefficient (Wildman–Crippen LogP) is 11.1. The van der Waals surface area contributed by atoms with Crippen LogP contribution < -0.4 is 43.7 Å². The minimum absolute atomic E-state index is 0.167. The van der Waals surface area contributed by atoms with Gasteiger partial charge in [-0.05, 0) is 13.8 Å². The van der Waals surface area contributed by atoms with E-state index in [0.29, 0.717) is 11.4 Å². The molecule has 10 rings (SSSR count). The molecule has 0 fully saturated rings. The maximum Gasteiger partial charge on any atom is 0.385 e. The molecule has 0 spiro atoms. The highest BCUT2D eigenvalue weighted by atomic mass is 16.1. The Morgan fingerprint density at radius 2 is 0.371 bits per heavy atom. The smallest absolute Gasteiger partial charge is 0.300 e. The molecule has 70 heavy (non-hydrogen) atoms. The van der Waals surface area contributed by atoms with Gasteiger partial charge in [-0.2, -0.15) is 43.7 Å². The molecule has 340 valence electrons. The van der Waals surface area contributed by atoms with Gasteiger partial charge in [-0.15, -0.1) is 0 Å². The Balaban J connectivity index is 0.000000166. The van der Waals surface area contributed by atoms with Crippen LogP contribution in [0.2, 0.25) is 0 Å². The molecule has 0 atom stereocenters. The number of carbonyl (C=O) groups excluding carboxylic acids is 1. The van der Waals surface area contributed by atoms with Crippen molar-refractivity contribution in [3.8, 4) is 0 Å². The van der Waals surface area contributed by atoms with Crippen molar-refractivity contribution < 1.29 is 4.79 Å². The van der Waals surface area contributed by atoms with Gasteiger partial charge >= 0.3 is 11.4 Å². The van der Waals surface area contributed by atoms with Crippen molar-refractivity contribution in [3.63, 3.8) is 0 Å². The van der Waals surface area contributed by atoms with Gasteiger partial charge in [0.1, 0.15) is 18.1 Å². The van der Waals surface area contributed by atoms with Crippen molar-refractivity contribution in [2.75, 3.05) is 0 Å². The Labute approximate surface area is 413 Å². The van der Waals surface area contributed by atoms with E-state index in [9.17, 15) is 4.79 Å². The average Bonchev–Trinajstić information content (AvgIpc) is 3.45. The summed E-state index contributed by atoms with van der Waals surface area (Å²) in [4.78, 5) is 15.4. The third-order valence-electron chi connectivity index (χ3n) is 12.1. The second-order valence-electron chi connectivity index (χ2n) is 16.8. The molecule has 0 heterocycles. The van der Waals surface area contributed by atoms with E-state index in [-0.39, 0.29) is 5.78 Å². The summed E-state index contributed by atoms with van der Waals surface area (Å²) in [6.07, 6.45) is -2.43. The van der Waals surface area contributed by atoms with E-state index in [4.69, 9.17) is 10.8 Å². The molecule has 0 amide bonds. The lowest BCUT2D eigenvalue weighted by atomic mass is 9.13. The number of Topliss-reactive ketones (excluding diaryl/α,β-unsaturated/α-hetero) is 1. The fourth-order valence-corrected chi connectivity index (χ4v) is 9.23. The normalized spacial score (nSPS) is 10.2. The lowest BCUT2D eigenvalue weighted by Crippen LogP contribution is -2.74. The fourth-order valence-electron chi connectivity index (χ4n) is 9.23. The largest absolute Gasteiger partial charge is 0.385 e. The number of hydrogen-bond donors (Lipinski definition) is 0.